The Bertz CT molecular complexity index is 860. The Morgan fingerprint density at radius 2 is 1.88 bits per heavy atom. The van der Waals surface area contributed by atoms with Gasteiger partial charge in [0.25, 0.3) is 0 Å². The predicted molar refractivity (Wildman–Crippen MR) is 147 cm³/mol. The van der Waals surface area contributed by atoms with Crippen molar-refractivity contribution in [3.8, 4) is 0 Å². The van der Waals surface area contributed by atoms with Gasteiger partial charge in [0.1, 0.15) is 0 Å². The van der Waals surface area contributed by atoms with Crippen molar-refractivity contribution in [2.75, 3.05) is 64.9 Å². The Labute approximate surface area is 211 Å². The molecule has 1 aliphatic carbocycles. The molecule has 1 saturated heterocycles. The van der Waals surface area contributed by atoms with Gasteiger partial charge in [0.15, 0.2) is 0 Å². The molecule has 1 aromatic rings. The van der Waals surface area contributed by atoms with Crippen molar-refractivity contribution in [1.29, 1.82) is 0 Å². The number of piperazine rings is 1. The fourth-order valence-corrected chi connectivity index (χ4v) is 6.37. The Hall–Kier alpha value is -1.73. The van der Waals surface area contributed by atoms with Crippen LogP contribution in [0.1, 0.15) is 37.7 Å². The van der Waals surface area contributed by atoms with Gasteiger partial charge in [-0.05, 0) is 49.5 Å². The van der Waals surface area contributed by atoms with Crippen LogP contribution in [-0.4, -0.2) is 80.5 Å². The predicted octanol–water partition coefficient (Wildman–Crippen LogP) is 4.66. The molecule has 3 aliphatic rings. The average Bonchev–Trinajstić information content (AvgIpc) is 2.89. The summed E-state index contributed by atoms with van der Waals surface area (Å²) in [5, 5.41) is 3.77. The second-order valence-electron chi connectivity index (χ2n) is 9.73. The lowest BCUT2D eigenvalue weighted by Crippen LogP contribution is -2.50. The normalized spacial score (nSPS) is 25.1. The molecule has 5 nitrogen and oxygen atoms in total. The second-order valence-corrected chi connectivity index (χ2v) is 11.1. The first-order chi connectivity index (χ1) is 16.6. The van der Waals surface area contributed by atoms with Gasteiger partial charge in [0.05, 0.1) is 6.61 Å². The number of ether oxygens (including phenoxy) is 1. The molecule has 3 unspecified atom stereocenters. The monoisotopic (exact) mass is 482 g/mol. The van der Waals surface area contributed by atoms with E-state index in [9.17, 15) is 0 Å². The fraction of sp³-hybridized carbons (Fsp3) is 0.571. The molecular formula is C28H42N4OS. The number of anilines is 1. The van der Waals surface area contributed by atoms with Gasteiger partial charge in [-0.1, -0.05) is 48.9 Å². The summed E-state index contributed by atoms with van der Waals surface area (Å²) in [4.78, 5) is 5.06. The largest absolute Gasteiger partial charge is 0.388 e. The number of rotatable bonds is 9. The van der Waals surface area contributed by atoms with E-state index in [2.05, 4.69) is 75.4 Å². The summed E-state index contributed by atoms with van der Waals surface area (Å²) >= 11 is 2.02. The minimum Gasteiger partial charge on any atom is -0.388 e. The number of allylic oxidation sites excluding steroid dienone is 2. The van der Waals surface area contributed by atoms with Crippen LogP contribution in [0.15, 0.2) is 60.3 Å². The minimum absolute atomic E-state index is 0.497. The summed E-state index contributed by atoms with van der Waals surface area (Å²) < 4.78 is 7.83. The van der Waals surface area contributed by atoms with Gasteiger partial charge in [0, 0.05) is 82.0 Å². The number of hydrogen-bond donors (Lipinski definition) is 1. The summed E-state index contributed by atoms with van der Waals surface area (Å²) in [5.41, 5.74) is 5.24. The highest BCUT2D eigenvalue weighted by atomic mass is 32.2. The fourth-order valence-electron chi connectivity index (χ4n) is 5.23. The van der Waals surface area contributed by atoms with Gasteiger partial charge >= 0.3 is 0 Å². The summed E-state index contributed by atoms with van der Waals surface area (Å²) in [6.07, 6.45) is 10.8. The molecule has 2 aliphatic heterocycles. The lowest BCUT2D eigenvalue weighted by Gasteiger charge is -2.39. The van der Waals surface area contributed by atoms with Crippen LogP contribution in [0.25, 0.3) is 0 Å². The number of methoxy groups -OCH3 is 1. The molecule has 1 aromatic carbocycles. The third kappa shape index (κ3) is 6.48. The molecule has 0 spiro atoms. The van der Waals surface area contributed by atoms with Gasteiger partial charge in [-0.15, -0.1) is 0 Å². The first-order valence-electron chi connectivity index (χ1n) is 12.8. The number of benzene rings is 1. The molecular weight excluding hydrogens is 440 g/mol. The van der Waals surface area contributed by atoms with Crippen LogP contribution in [-0.2, 0) is 4.74 Å². The molecule has 1 fully saturated rings. The number of hydrogen-bond acceptors (Lipinski definition) is 6. The third-order valence-corrected chi connectivity index (χ3v) is 8.79. The van der Waals surface area contributed by atoms with Crippen LogP contribution in [0.4, 0.5) is 5.69 Å². The standard InChI is InChI=1S/C28H42N4OS/c1-22(21-33-4)30-17-19-31(20-18-30)27-9-5-25(6-10-27)26-7-11-28(12-8-26)34-32-15-13-24(14-16-32)23(2)29-3/h5-7,9-11,13,22,26,28-29H,2,8,12,14-21H2,1,3-4H3. The maximum absolute atomic E-state index is 5.33. The summed E-state index contributed by atoms with van der Waals surface area (Å²) in [6, 6.07) is 9.85. The van der Waals surface area contributed by atoms with E-state index in [0.717, 1.165) is 58.0 Å². The highest BCUT2D eigenvalue weighted by molar-refractivity contribution is 7.97. The average molecular weight is 483 g/mol. The maximum atomic E-state index is 5.33. The zero-order valence-corrected chi connectivity index (χ0v) is 22.0. The topological polar surface area (TPSA) is 31.0 Å². The lowest BCUT2D eigenvalue weighted by molar-refractivity contribution is 0.0953. The van der Waals surface area contributed by atoms with E-state index in [1.807, 2.05) is 19.0 Å². The second kappa shape index (κ2) is 12.3. The Morgan fingerprint density at radius 3 is 2.47 bits per heavy atom. The van der Waals surface area contributed by atoms with Gasteiger partial charge < -0.3 is 15.0 Å². The number of likely N-dealkylation sites (N-methyl/N-ethyl adjacent to an activating group) is 1. The molecule has 34 heavy (non-hydrogen) atoms. The SMILES string of the molecule is C=C(NC)C1=CCN(SC2C=CC(c3ccc(N4CCN(C(C)COC)CC4)cc3)CC2)CC1. The van der Waals surface area contributed by atoms with Crippen molar-refractivity contribution >= 4 is 17.6 Å². The van der Waals surface area contributed by atoms with E-state index in [1.54, 1.807) is 7.11 Å². The summed E-state index contributed by atoms with van der Waals surface area (Å²) in [7, 11) is 3.74. The van der Waals surface area contributed by atoms with E-state index >= 15 is 0 Å². The van der Waals surface area contributed by atoms with Crippen LogP contribution in [0.3, 0.4) is 0 Å². The first kappa shape index (κ1) is 25.4. The smallest absolute Gasteiger partial charge is 0.0615 e. The molecule has 6 heteroatoms. The van der Waals surface area contributed by atoms with Crippen molar-refractivity contribution in [2.24, 2.45) is 0 Å². The zero-order chi connectivity index (χ0) is 23.9. The van der Waals surface area contributed by atoms with Crippen molar-refractivity contribution in [2.45, 2.75) is 43.4 Å². The van der Waals surface area contributed by atoms with Crippen LogP contribution in [0.2, 0.25) is 0 Å². The van der Waals surface area contributed by atoms with E-state index in [4.69, 9.17) is 4.74 Å². The van der Waals surface area contributed by atoms with E-state index in [1.165, 1.54) is 29.7 Å². The van der Waals surface area contributed by atoms with Crippen LogP contribution < -0.4 is 10.2 Å². The minimum atomic E-state index is 0.497. The molecule has 0 amide bonds. The van der Waals surface area contributed by atoms with E-state index < -0.39 is 0 Å². The Morgan fingerprint density at radius 1 is 1.12 bits per heavy atom. The molecule has 0 aromatic heterocycles. The van der Waals surface area contributed by atoms with E-state index in [-0.39, 0.29) is 0 Å². The summed E-state index contributed by atoms with van der Waals surface area (Å²) in [5.74, 6) is 0.546. The quantitative estimate of drug-likeness (QED) is 0.407. The van der Waals surface area contributed by atoms with Crippen molar-refractivity contribution in [3.63, 3.8) is 0 Å². The Balaban J connectivity index is 1.24. The van der Waals surface area contributed by atoms with Gasteiger partial charge in [0.2, 0.25) is 0 Å². The lowest BCUT2D eigenvalue weighted by atomic mass is 9.89. The molecule has 2 heterocycles. The highest BCUT2D eigenvalue weighted by Crippen LogP contribution is 2.35. The molecule has 0 saturated carbocycles. The zero-order valence-electron chi connectivity index (χ0n) is 21.2. The Kier molecular flexibility index (Phi) is 9.17. The van der Waals surface area contributed by atoms with Crippen LogP contribution >= 0.6 is 11.9 Å². The molecule has 186 valence electrons. The van der Waals surface area contributed by atoms with Crippen molar-refractivity contribution in [3.05, 3.63) is 65.9 Å². The maximum Gasteiger partial charge on any atom is 0.0615 e. The van der Waals surface area contributed by atoms with Gasteiger partial charge in [-0.2, -0.15) is 0 Å². The molecule has 0 bridgehead atoms. The first-order valence-corrected chi connectivity index (χ1v) is 13.6. The van der Waals surface area contributed by atoms with Crippen molar-refractivity contribution < 1.29 is 4.74 Å². The molecule has 4 rings (SSSR count). The van der Waals surface area contributed by atoms with Gasteiger partial charge in [-0.3, -0.25) is 4.90 Å². The van der Waals surface area contributed by atoms with Crippen LogP contribution in [0.5, 0.6) is 0 Å². The molecule has 0 radical (unpaired) electrons. The molecule has 3 atom stereocenters. The van der Waals surface area contributed by atoms with Crippen LogP contribution in [0, 0.1) is 0 Å². The number of nitrogens with zero attached hydrogens (tertiary/aromatic N) is 3. The number of nitrogens with one attached hydrogen (secondary N) is 1. The summed E-state index contributed by atoms with van der Waals surface area (Å²) in [6.45, 7) is 13.7. The van der Waals surface area contributed by atoms with Gasteiger partial charge in [-0.25, -0.2) is 4.31 Å². The highest BCUT2D eigenvalue weighted by Gasteiger charge is 2.23. The van der Waals surface area contributed by atoms with E-state index in [0.29, 0.717) is 17.2 Å². The molecule has 1 N–H and O–H groups in total. The third-order valence-electron chi connectivity index (χ3n) is 7.50. The van der Waals surface area contributed by atoms with Crippen molar-refractivity contribution in [1.82, 2.24) is 14.5 Å².